The first-order valence-corrected chi connectivity index (χ1v) is 8.71. The maximum absolute atomic E-state index is 13.0. The molecule has 0 heterocycles. The van der Waals surface area contributed by atoms with Crippen molar-refractivity contribution < 1.29 is 14.3 Å². The Bertz CT molecular complexity index is 997. The first kappa shape index (κ1) is 19.0. The van der Waals surface area contributed by atoms with E-state index in [2.05, 4.69) is 10.2 Å². The molecule has 0 N–H and O–H groups in total. The lowest BCUT2D eigenvalue weighted by molar-refractivity contribution is 0.106. The van der Waals surface area contributed by atoms with Gasteiger partial charge in [-0.05, 0) is 12.1 Å². The normalized spacial score (nSPS) is 11.4. The second-order valence-corrected chi connectivity index (χ2v) is 5.84. The van der Waals surface area contributed by atoms with E-state index in [-0.39, 0.29) is 11.5 Å². The van der Waals surface area contributed by atoms with Gasteiger partial charge >= 0.3 is 0 Å². The van der Waals surface area contributed by atoms with Crippen LogP contribution in [0.5, 0.6) is 11.5 Å². The number of Topliss-reactive ketones (excluding diaryl/α,β-unsaturated/α-hetero) is 1. The van der Waals surface area contributed by atoms with Gasteiger partial charge in [0.2, 0.25) is 5.78 Å². The smallest absolute Gasteiger partial charge is 0.213 e. The molecule has 0 bridgehead atoms. The molecule has 0 saturated heterocycles. The summed E-state index contributed by atoms with van der Waals surface area (Å²) in [6.45, 7) is 0. The lowest BCUT2D eigenvalue weighted by Crippen LogP contribution is -2.15. The molecule has 140 valence electrons. The molecule has 0 spiro atoms. The maximum atomic E-state index is 13.0. The Kier molecular flexibility index (Phi) is 6.31. The Morgan fingerprint density at radius 2 is 1.43 bits per heavy atom. The number of benzene rings is 3. The number of ketones is 1. The minimum absolute atomic E-state index is 0.193. The average molecular weight is 372 g/mol. The average Bonchev–Trinajstić information content (AvgIpc) is 2.77. The third-order valence-corrected chi connectivity index (χ3v) is 4.09. The van der Waals surface area contributed by atoms with Crippen LogP contribution in [0.25, 0.3) is 0 Å². The van der Waals surface area contributed by atoms with Gasteiger partial charge in [-0.2, -0.15) is 5.10 Å². The summed E-state index contributed by atoms with van der Waals surface area (Å²) in [5.74, 6) is 0.959. The molecule has 0 unspecified atom stereocenters. The first-order chi connectivity index (χ1) is 13.7. The van der Waals surface area contributed by atoms with Crippen molar-refractivity contribution in [3.63, 3.8) is 0 Å². The van der Waals surface area contributed by atoms with Crippen molar-refractivity contribution >= 4 is 17.7 Å². The number of methoxy groups -OCH3 is 2. The van der Waals surface area contributed by atoms with Crippen LogP contribution in [0.4, 0.5) is 0 Å². The molecule has 5 heteroatoms. The molecule has 0 aliphatic heterocycles. The minimum Gasteiger partial charge on any atom is -0.493 e. The number of ether oxygens (including phenoxy) is 2. The number of carbonyl (C=O) groups is 1. The highest BCUT2D eigenvalue weighted by Crippen LogP contribution is 2.29. The van der Waals surface area contributed by atoms with Gasteiger partial charge in [-0.3, -0.25) is 4.79 Å². The van der Waals surface area contributed by atoms with Gasteiger partial charge < -0.3 is 9.47 Å². The van der Waals surface area contributed by atoms with E-state index in [9.17, 15) is 4.79 Å². The fourth-order valence-corrected chi connectivity index (χ4v) is 2.72. The van der Waals surface area contributed by atoms with Gasteiger partial charge in [-0.1, -0.05) is 66.7 Å². The van der Waals surface area contributed by atoms with E-state index in [0.717, 1.165) is 0 Å². The van der Waals surface area contributed by atoms with Gasteiger partial charge in [0.05, 0.1) is 20.4 Å². The molecule has 3 aromatic carbocycles. The molecule has 0 atom stereocenters. The second-order valence-electron chi connectivity index (χ2n) is 5.84. The van der Waals surface area contributed by atoms with Crippen LogP contribution in [0, 0.1) is 0 Å². The quantitative estimate of drug-likeness (QED) is 0.351. The topological polar surface area (TPSA) is 60.2 Å². The van der Waals surface area contributed by atoms with Crippen molar-refractivity contribution in [1.82, 2.24) is 0 Å². The zero-order valence-electron chi connectivity index (χ0n) is 15.7. The molecule has 0 saturated carbocycles. The molecule has 3 rings (SSSR count). The fraction of sp³-hybridized carbons (Fsp3) is 0.0870. The second kappa shape index (κ2) is 9.28. The van der Waals surface area contributed by atoms with Gasteiger partial charge in [0.25, 0.3) is 0 Å². The van der Waals surface area contributed by atoms with Crippen LogP contribution < -0.4 is 9.47 Å². The summed E-state index contributed by atoms with van der Waals surface area (Å²) in [6, 6.07) is 23.8. The summed E-state index contributed by atoms with van der Waals surface area (Å²) < 4.78 is 10.7. The predicted molar refractivity (Wildman–Crippen MR) is 111 cm³/mol. The molecule has 28 heavy (non-hydrogen) atoms. The number of para-hydroxylation sites is 1. The molecular formula is C23H20N2O3. The Balaban J connectivity index is 1.99. The van der Waals surface area contributed by atoms with Crippen LogP contribution in [0.1, 0.15) is 21.5 Å². The summed E-state index contributed by atoms with van der Waals surface area (Å²) >= 11 is 0. The third-order valence-electron chi connectivity index (χ3n) is 4.09. The van der Waals surface area contributed by atoms with Crippen LogP contribution in [0.3, 0.4) is 0 Å². The summed E-state index contributed by atoms with van der Waals surface area (Å²) in [5.41, 5.74) is 2.22. The molecule has 0 radical (unpaired) electrons. The summed E-state index contributed by atoms with van der Waals surface area (Å²) in [6.07, 6.45) is 1.54. The number of rotatable bonds is 7. The van der Waals surface area contributed by atoms with Crippen LogP contribution in [0.15, 0.2) is 89.1 Å². The highest BCUT2D eigenvalue weighted by molar-refractivity contribution is 6.51. The van der Waals surface area contributed by atoms with Gasteiger partial charge in [0.15, 0.2) is 11.5 Å². The van der Waals surface area contributed by atoms with E-state index in [4.69, 9.17) is 9.47 Å². The van der Waals surface area contributed by atoms with E-state index in [0.29, 0.717) is 28.2 Å². The summed E-state index contributed by atoms with van der Waals surface area (Å²) in [7, 11) is 3.13. The van der Waals surface area contributed by atoms with Crippen LogP contribution in [-0.2, 0) is 0 Å². The maximum Gasteiger partial charge on any atom is 0.213 e. The van der Waals surface area contributed by atoms with Gasteiger partial charge in [0.1, 0.15) is 5.71 Å². The largest absolute Gasteiger partial charge is 0.493 e. The zero-order valence-corrected chi connectivity index (χ0v) is 15.7. The molecule has 0 aromatic heterocycles. The van der Waals surface area contributed by atoms with Crippen LogP contribution in [-0.4, -0.2) is 31.9 Å². The van der Waals surface area contributed by atoms with Crippen molar-refractivity contribution in [3.8, 4) is 11.5 Å². The van der Waals surface area contributed by atoms with E-state index >= 15 is 0 Å². The van der Waals surface area contributed by atoms with E-state index in [1.165, 1.54) is 0 Å². The van der Waals surface area contributed by atoms with E-state index in [1.807, 2.05) is 60.7 Å². The Morgan fingerprint density at radius 3 is 2.04 bits per heavy atom. The molecule has 0 fully saturated rings. The third kappa shape index (κ3) is 4.32. The molecule has 3 aromatic rings. The van der Waals surface area contributed by atoms with Crippen molar-refractivity contribution in [2.24, 2.45) is 10.2 Å². The first-order valence-electron chi connectivity index (χ1n) is 8.71. The number of hydrogen-bond acceptors (Lipinski definition) is 5. The zero-order chi connectivity index (χ0) is 19.8. The lowest BCUT2D eigenvalue weighted by Gasteiger charge is -2.09. The van der Waals surface area contributed by atoms with Gasteiger partial charge in [-0.25, -0.2) is 0 Å². The van der Waals surface area contributed by atoms with Crippen LogP contribution >= 0.6 is 0 Å². The van der Waals surface area contributed by atoms with Gasteiger partial charge in [0, 0.05) is 16.7 Å². The highest BCUT2D eigenvalue weighted by Gasteiger charge is 2.16. The fourth-order valence-electron chi connectivity index (χ4n) is 2.72. The van der Waals surface area contributed by atoms with Crippen molar-refractivity contribution in [2.75, 3.05) is 14.2 Å². The van der Waals surface area contributed by atoms with Gasteiger partial charge in [-0.15, -0.1) is 5.10 Å². The number of hydrogen-bond donors (Lipinski definition) is 0. The van der Waals surface area contributed by atoms with E-state index < -0.39 is 0 Å². The molecular weight excluding hydrogens is 352 g/mol. The van der Waals surface area contributed by atoms with Crippen molar-refractivity contribution in [3.05, 3.63) is 95.6 Å². The predicted octanol–water partition coefficient (Wildman–Crippen LogP) is 4.41. The number of nitrogens with zero attached hydrogens (tertiary/aromatic N) is 2. The van der Waals surface area contributed by atoms with Crippen molar-refractivity contribution in [1.29, 1.82) is 0 Å². The summed E-state index contributed by atoms with van der Waals surface area (Å²) in [4.78, 5) is 13.0. The molecule has 0 amide bonds. The summed E-state index contributed by atoms with van der Waals surface area (Å²) in [5, 5.41) is 8.39. The van der Waals surface area contributed by atoms with Crippen molar-refractivity contribution in [2.45, 2.75) is 0 Å². The lowest BCUT2D eigenvalue weighted by atomic mass is 10.0. The standard InChI is InChI=1S/C23H20N2O3/c1-27-20-15-9-14-19(23(20)28-2)16-24-25-21(17-10-5-3-6-11-17)22(26)18-12-7-4-8-13-18/h3-16H,1-2H3/b24-16+,25-21+. The molecule has 0 aliphatic carbocycles. The SMILES string of the molecule is COc1cccc(/C=N/N=C(/C(=O)c2ccccc2)c2ccccc2)c1OC. The van der Waals surface area contributed by atoms with E-state index in [1.54, 1.807) is 38.6 Å². The highest BCUT2D eigenvalue weighted by atomic mass is 16.5. The number of carbonyl (C=O) groups excluding carboxylic acids is 1. The molecule has 0 aliphatic rings. The Labute approximate surface area is 164 Å². The molecule has 5 nitrogen and oxygen atoms in total. The Hall–Kier alpha value is -3.73. The monoisotopic (exact) mass is 372 g/mol. The Morgan fingerprint density at radius 1 is 0.786 bits per heavy atom. The minimum atomic E-state index is -0.193. The van der Waals surface area contributed by atoms with Crippen LogP contribution in [0.2, 0.25) is 0 Å².